The predicted octanol–water partition coefficient (Wildman–Crippen LogP) is 2.16. The third kappa shape index (κ3) is 2.31. The highest BCUT2D eigenvalue weighted by Gasteiger charge is 2.25. The van der Waals surface area contributed by atoms with Crippen molar-refractivity contribution in [2.24, 2.45) is 0 Å². The zero-order chi connectivity index (χ0) is 9.97. The first-order chi connectivity index (χ1) is 6.79. The quantitative estimate of drug-likeness (QED) is 0.896. The van der Waals surface area contributed by atoms with Gasteiger partial charge in [0.05, 0.1) is 11.8 Å². The number of halogens is 1. The van der Waals surface area contributed by atoms with E-state index in [0.717, 1.165) is 10.2 Å². The standard InChI is InChI=1S/C10H10BrN3/c11-7-1-4-9(13-6-7)10(5-12)14-8-2-3-8/h1,4,6,8,10,14H,2-3H2. The normalized spacial score (nSPS) is 17.4. The monoisotopic (exact) mass is 251 g/mol. The molecule has 3 nitrogen and oxygen atoms in total. The highest BCUT2D eigenvalue weighted by atomic mass is 79.9. The smallest absolute Gasteiger partial charge is 0.138 e. The maximum Gasteiger partial charge on any atom is 0.138 e. The van der Waals surface area contributed by atoms with Gasteiger partial charge in [-0.1, -0.05) is 0 Å². The van der Waals surface area contributed by atoms with Crippen LogP contribution in [-0.2, 0) is 0 Å². The van der Waals surface area contributed by atoms with Crippen LogP contribution in [0.4, 0.5) is 0 Å². The zero-order valence-corrected chi connectivity index (χ0v) is 9.16. The zero-order valence-electron chi connectivity index (χ0n) is 7.57. The molecule has 2 rings (SSSR count). The average Bonchev–Trinajstić information content (AvgIpc) is 3.00. The lowest BCUT2D eigenvalue weighted by Crippen LogP contribution is -2.22. The van der Waals surface area contributed by atoms with Crippen LogP contribution in [-0.4, -0.2) is 11.0 Å². The molecule has 1 saturated carbocycles. The Labute approximate surface area is 91.3 Å². The molecule has 4 heteroatoms. The van der Waals surface area contributed by atoms with Gasteiger partial charge in [-0.2, -0.15) is 5.26 Å². The van der Waals surface area contributed by atoms with E-state index in [4.69, 9.17) is 5.26 Å². The molecule has 0 aromatic carbocycles. The molecule has 0 spiro atoms. The molecule has 1 aromatic heterocycles. The number of rotatable bonds is 3. The van der Waals surface area contributed by atoms with Gasteiger partial charge in [-0.05, 0) is 40.9 Å². The molecule has 0 aliphatic heterocycles. The minimum Gasteiger partial charge on any atom is -0.294 e. The van der Waals surface area contributed by atoms with Crippen molar-refractivity contribution in [3.8, 4) is 6.07 Å². The van der Waals surface area contributed by atoms with Gasteiger partial charge < -0.3 is 0 Å². The van der Waals surface area contributed by atoms with E-state index in [1.54, 1.807) is 6.20 Å². The summed E-state index contributed by atoms with van der Waals surface area (Å²) in [4.78, 5) is 4.20. The van der Waals surface area contributed by atoms with Gasteiger partial charge in [0.15, 0.2) is 0 Å². The van der Waals surface area contributed by atoms with E-state index in [1.807, 2.05) is 12.1 Å². The molecule has 0 bridgehead atoms. The van der Waals surface area contributed by atoms with Gasteiger partial charge in [-0.3, -0.25) is 10.3 Å². The van der Waals surface area contributed by atoms with Crippen LogP contribution in [0.1, 0.15) is 24.6 Å². The Bertz CT molecular complexity index is 351. The highest BCUT2D eigenvalue weighted by Crippen LogP contribution is 2.23. The lowest BCUT2D eigenvalue weighted by Gasteiger charge is -2.09. The summed E-state index contributed by atoms with van der Waals surface area (Å²) < 4.78 is 0.935. The Morgan fingerprint density at radius 3 is 2.86 bits per heavy atom. The number of nitrogens with zero attached hydrogens (tertiary/aromatic N) is 2. The fourth-order valence-corrected chi connectivity index (χ4v) is 1.47. The van der Waals surface area contributed by atoms with Crippen molar-refractivity contribution in [3.05, 3.63) is 28.5 Å². The molecule has 1 aromatic rings. The lowest BCUT2D eigenvalue weighted by atomic mass is 10.2. The minimum absolute atomic E-state index is 0.268. The van der Waals surface area contributed by atoms with Gasteiger partial charge in [0.2, 0.25) is 0 Å². The SMILES string of the molecule is N#CC(NC1CC1)c1ccc(Br)cn1. The second kappa shape index (κ2) is 4.07. The van der Waals surface area contributed by atoms with E-state index < -0.39 is 0 Å². The van der Waals surface area contributed by atoms with Gasteiger partial charge in [-0.25, -0.2) is 0 Å². The second-order valence-electron chi connectivity index (χ2n) is 3.40. The molecule has 1 fully saturated rings. The summed E-state index contributed by atoms with van der Waals surface area (Å²) in [6.45, 7) is 0. The van der Waals surface area contributed by atoms with Crippen LogP contribution in [0, 0.1) is 11.3 Å². The van der Waals surface area contributed by atoms with E-state index in [-0.39, 0.29) is 6.04 Å². The van der Waals surface area contributed by atoms with E-state index in [1.165, 1.54) is 12.8 Å². The number of aromatic nitrogens is 1. The van der Waals surface area contributed by atoms with Gasteiger partial charge in [0.25, 0.3) is 0 Å². The lowest BCUT2D eigenvalue weighted by molar-refractivity contribution is 0.612. The molecule has 1 aliphatic carbocycles. The number of pyridine rings is 1. The van der Waals surface area contributed by atoms with Gasteiger partial charge >= 0.3 is 0 Å². The third-order valence-corrected chi connectivity index (χ3v) is 2.62. The number of hydrogen-bond donors (Lipinski definition) is 1. The first-order valence-corrected chi connectivity index (χ1v) is 5.36. The van der Waals surface area contributed by atoms with E-state index in [2.05, 4.69) is 32.3 Å². The van der Waals surface area contributed by atoms with Crippen LogP contribution in [0.15, 0.2) is 22.8 Å². The van der Waals surface area contributed by atoms with Crippen LogP contribution < -0.4 is 5.32 Å². The molecule has 72 valence electrons. The largest absolute Gasteiger partial charge is 0.294 e. The summed E-state index contributed by atoms with van der Waals surface area (Å²) in [6, 6.07) is 6.24. The van der Waals surface area contributed by atoms with Crippen LogP contribution in [0.5, 0.6) is 0 Å². The van der Waals surface area contributed by atoms with E-state index in [0.29, 0.717) is 6.04 Å². The van der Waals surface area contributed by atoms with Crippen molar-refractivity contribution in [1.82, 2.24) is 10.3 Å². The summed E-state index contributed by atoms with van der Waals surface area (Å²) in [6.07, 6.45) is 4.07. The fourth-order valence-electron chi connectivity index (χ4n) is 1.23. The Kier molecular flexibility index (Phi) is 2.80. The molecule has 1 atom stereocenters. The molecule has 1 unspecified atom stereocenters. The molecule has 0 saturated heterocycles. The first-order valence-electron chi connectivity index (χ1n) is 4.56. The minimum atomic E-state index is -0.268. The van der Waals surface area contributed by atoms with E-state index >= 15 is 0 Å². The van der Waals surface area contributed by atoms with Gasteiger partial charge in [-0.15, -0.1) is 0 Å². The third-order valence-electron chi connectivity index (χ3n) is 2.15. The van der Waals surface area contributed by atoms with Crippen molar-refractivity contribution >= 4 is 15.9 Å². The van der Waals surface area contributed by atoms with E-state index in [9.17, 15) is 0 Å². The van der Waals surface area contributed by atoms with Crippen molar-refractivity contribution in [1.29, 1.82) is 5.26 Å². The number of nitriles is 1. The molecule has 1 N–H and O–H groups in total. The maximum atomic E-state index is 8.96. The summed E-state index contributed by atoms with van der Waals surface area (Å²) in [5.41, 5.74) is 0.794. The van der Waals surface area contributed by atoms with Crippen molar-refractivity contribution in [2.45, 2.75) is 24.9 Å². The van der Waals surface area contributed by atoms with Crippen LogP contribution >= 0.6 is 15.9 Å². The van der Waals surface area contributed by atoms with Crippen molar-refractivity contribution < 1.29 is 0 Å². The first kappa shape index (κ1) is 9.63. The molecular weight excluding hydrogens is 242 g/mol. The Morgan fingerprint density at radius 1 is 1.57 bits per heavy atom. The predicted molar refractivity (Wildman–Crippen MR) is 56.4 cm³/mol. The van der Waals surface area contributed by atoms with Crippen LogP contribution in [0.25, 0.3) is 0 Å². The topological polar surface area (TPSA) is 48.7 Å². The number of nitrogens with one attached hydrogen (secondary N) is 1. The molecule has 0 amide bonds. The maximum absolute atomic E-state index is 8.96. The second-order valence-corrected chi connectivity index (χ2v) is 4.32. The molecule has 0 radical (unpaired) electrons. The Hall–Kier alpha value is -0.920. The summed E-state index contributed by atoms with van der Waals surface area (Å²) in [7, 11) is 0. The Morgan fingerprint density at radius 2 is 2.36 bits per heavy atom. The Balaban J connectivity index is 2.10. The average molecular weight is 252 g/mol. The van der Waals surface area contributed by atoms with Crippen molar-refractivity contribution in [2.75, 3.05) is 0 Å². The summed E-state index contributed by atoms with van der Waals surface area (Å²) in [5.74, 6) is 0. The molecule has 1 aliphatic rings. The molecule has 14 heavy (non-hydrogen) atoms. The fraction of sp³-hybridized carbons (Fsp3) is 0.400. The summed E-state index contributed by atoms with van der Waals surface area (Å²) in [5, 5.41) is 12.2. The summed E-state index contributed by atoms with van der Waals surface area (Å²) >= 11 is 3.31. The van der Waals surface area contributed by atoms with Gasteiger partial charge in [0.1, 0.15) is 6.04 Å². The van der Waals surface area contributed by atoms with Crippen LogP contribution in [0.3, 0.4) is 0 Å². The molecule has 1 heterocycles. The van der Waals surface area contributed by atoms with Crippen LogP contribution in [0.2, 0.25) is 0 Å². The highest BCUT2D eigenvalue weighted by molar-refractivity contribution is 9.10. The number of hydrogen-bond acceptors (Lipinski definition) is 3. The molecular formula is C10H10BrN3. The van der Waals surface area contributed by atoms with Gasteiger partial charge in [0, 0.05) is 16.7 Å². The van der Waals surface area contributed by atoms with Crippen molar-refractivity contribution in [3.63, 3.8) is 0 Å².